The van der Waals surface area contributed by atoms with Crippen LogP contribution in [0.4, 0.5) is 0 Å². The molecule has 1 aromatic carbocycles. The monoisotopic (exact) mass is 316 g/mol. The predicted molar refractivity (Wildman–Crippen MR) is 89.1 cm³/mol. The molecule has 0 fully saturated rings. The minimum atomic E-state index is -0.0114. The molecule has 0 spiro atoms. The number of hydrazine groups is 1. The van der Waals surface area contributed by atoms with Crippen LogP contribution in [0, 0.1) is 0 Å². The Morgan fingerprint density at radius 2 is 2.19 bits per heavy atom. The summed E-state index contributed by atoms with van der Waals surface area (Å²) < 4.78 is 8.57. The van der Waals surface area contributed by atoms with E-state index in [-0.39, 0.29) is 6.04 Å². The summed E-state index contributed by atoms with van der Waals surface area (Å²) in [4.78, 5) is 1.24. The Bertz CT molecular complexity index is 749. The lowest BCUT2D eigenvalue weighted by Crippen LogP contribution is -2.29. The van der Waals surface area contributed by atoms with Crippen molar-refractivity contribution in [2.45, 2.75) is 18.9 Å². The molecule has 1 aliphatic heterocycles. The lowest BCUT2D eigenvalue weighted by atomic mass is 9.97. The summed E-state index contributed by atoms with van der Waals surface area (Å²) in [5.41, 5.74) is 5.40. The van der Waals surface area contributed by atoms with Gasteiger partial charge in [0.15, 0.2) is 0 Å². The molecule has 0 saturated heterocycles. The van der Waals surface area contributed by atoms with Crippen molar-refractivity contribution < 1.29 is 4.74 Å². The third kappa shape index (κ3) is 2.26. The van der Waals surface area contributed by atoms with Crippen LogP contribution in [0.5, 0.6) is 5.75 Å². The van der Waals surface area contributed by atoms with Gasteiger partial charge in [-0.05, 0) is 35.9 Å². The smallest absolute Gasteiger partial charge is 0.127 e. The fourth-order valence-electron chi connectivity index (χ4n) is 2.89. The molecule has 0 bridgehead atoms. The molecule has 4 rings (SSSR count). The second-order valence-electron chi connectivity index (χ2n) is 5.19. The van der Waals surface area contributed by atoms with Gasteiger partial charge >= 0.3 is 0 Å². The van der Waals surface area contributed by atoms with Crippen LogP contribution in [-0.4, -0.2) is 6.61 Å². The summed E-state index contributed by atoms with van der Waals surface area (Å²) in [5.74, 6) is 6.88. The predicted octanol–water partition coefficient (Wildman–Crippen LogP) is 3.84. The number of para-hydroxylation sites is 1. The van der Waals surface area contributed by atoms with Crippen LogP contribution in [0.2, 0.25) is 0 Å². The average molecular weight is 316 g/mol. The molecule has 0 amide bonds. The van der Waals surface area contributed by atoms with Gasteiger partial charge in [0.05, 0.1) is 12.6 Å². The van der Waals surface area contributed by atoms with Crippen molar-refractivity contribution in [2.24, 2.45) is 5.84 Å². The van der Waals surface area contributed by atoms with Gasteiger partial charge in [-0.15, -0.1) is 22.7 Å². The third-order valence-electron chi connectivity index (χ3n) is 3.88. The number of hydrogen-bond donors (Lipinski definition) is 2. The van der Waals surface area contributed by atoms with Crippen LogP contribution in [0.3, 0.4) is 0 Å². The second-order valence-corrected chi connectivity index (χ2v) is 7.25. The number of nitrogens with one attached hydrogen (secondary N) is 1. The van der Waals surface area contributed by atoms with E-state index in [0.29, 0.717) is 0 Å². The molecule has 3 N–H and O–H groups in total. The minimum Gasteiger partial charge on any atom is -0.493 e. The van der Waals surface area contributed by atoms with E-state index in [1.165, 1.54) is 19.8 Å². The Hall–Kier alpha value is -1.40. The number of thiophene rings is 2. The summed E-state index contributed by atoms with van der Waals surface area (Å²) in [7, 11) is 0. The van der Waals surface area contributed by atoms with Gasteiger partial charge < -0.3 is 4.74 Å². The summed E-state index contributed by atoms with van der Waals surface area (Å²) in [6.45, 7) is 0.792. The summed E-state index contributed by atoms with van der Waals surface area (Å²) in [6, 6.07) is 10.8. The van der Waals surface area contributed by atoms with E-state index < -0.39 is 0 Å². The molecule has 108 valence electrons. The minimum absolute atomic E-state index is 0.0114. The Labute approximate surface area is 131 Å². The maximum atomic E-state index is 5.93. The van der Waals surface area contributed by atoms with Crippen molar-refractivity contribution in [3.8, 4) is 5.75 Å². The molecule has 21 heavy (non-hydrogen) atoms. The molecule has 5 heteroatoms. The Morgan fingerprint density at radius 1 is 1.24 bits per heavy atom. The van der Waals surface area contributed by atoms with Crippen LogP contribution in [0.1, 0.15) is 28.5 Å². The van der Waals surface area contributed by atoms with Crippen molar-refractivity contribution >= 4 is 32.1 Å². The van der Waals surface area contributed by atoms with Crippen LogP contribution in [0.15, 0.2) is 35.7 Å². The van der Waals surface area contributed by atoms with E-state index in [0.717, 1.165) is 30.8 Å². The molecule has 0 radical (unpaired) electrons. The molecule has 2 aromatic heterocycles. The van der Waals surface area contributed by atoms with Crippen LogP contribution >= 0.6 is 22.7 Å². The Balaban J connectivity index is 1.81. The van der Waals surface area contributed by atoms with E-state index in [1.807, 2.05) is 0 Å². The van der Waals surface area contributed by atoms with Crippen LogP contribution < -0.4 is 16.0 Å². The van der Waals surface area contributed by atoms with Gasteiger partial charge in [0.25, 0.3) is 0 Å². The zero-order chi connectivity index (χ0) is 14.2. The molecule has 0 aliphatic carbocycles. The first kappa shape index (κ1) is 13.3. The number of fused-ring (bicyclic) bond motifs is 2. The third-order valence-corrected chi connectivity index (χ3v) is 6.04. The topological polar surface area (TPSA) is 47.3 Å². The summed E-state index contributed by atoms with van der Waals surface area (Å²) in [6.07, 6.45) is 2.17. The number of ether oxygens (including phenoxy) is 1. The van der Waals surface area contributed by atoms with Gasteiger partial charge in [-0.2, -0.15) is 0 Å². The molecule has 3 heterocycles. The molecule has 1 unspecified atom stereocenters. The average Bonchev–Trinajstić information content (AvgIpc) is 3.10. The van der Waals surface area contributed by atoms with Crippen molar-refractivity contribution in [2.75, 3.05) is 6.61 Å². The lowest BCUT2D eigenvalue weighted by molar-refractivity contribution is 0.283. The van der Waals surface area contributed by atoms with E-state index in [2.05, 4.69) is 41.1 Å². The zero-order valence-corrected chi connectivity index (χ0v) is 13.1. The molecule has 1 aliphatic rings. The fraction of sp³-hybridized carbons (Fsp3) is 0.250. The van der Waals surface area contributed by atoms with Gasteiger partial charge in [0.1, 0.15) is 5.75 Å². The molecular weight excluding hydrogens is 300 g/mol. The molecular formula is C16H16N2OS2. The molecule has 0 saturated carbocycles. The van der Waals surface area contributed by atoms with E-state index in [1.54, 1.807) is 22.7 Å². The maximum Gasteiger partial charge on any atom is 0.127 e. The molecule has 3 nitrogen and oxygen atoms in total. The highest BCUT2D eigenvalue weighted by Gasteiger charge is 2.23. The highest BCUT2D eigenvalue weighted by atomic mass is 32.1. The number of aryl methyl sites for hydroxylation is 1. The van der Waals surface area contributed by atoms with Gasteiger partial charge in [-0.3, -0.25) is 5.84 Å². The van der Waals surface area contributed by atoms with E-state index >= 15 is 0 Å². The van der Waals surface area contributed by atoms with E-state index in [9.17, 15) is 0 Å². The number of hydrogen-bond acceptors (Lipinski definition) is 5. The molecule has 3 aromatic rings. The summed E-state index contributed by atoms with van der Waals surface area (Å²) >= 11 is 3.57. The summed E-state index contributed by atoms with van der Waals surface area (Å²) in [5, 5.41) is 2.13. The SMILES string of the molecule is NNC(c1cc2sccc2s1)c1cccc2c1OCCC2. The van der Waals surface area contributed by atoms with Crippen molar-refractivity contribution in [1.29, 1.82) is 0 Å². The largest absolute Gasteiger partial charge is 0.493 e. The van der Waals surface area contributed by atoms with Gasteiger partial charge in [0.2, 0.25) is 0 Å². The number of benzene rings is 1. The number of nitrogens with two attached hydrogens (primary N) is 1. The van der Waals surface area contributed by atoms with Crippen molar-refractivity contribution in [3.05, 3.63) is 51.7 Å². The van der Waals surface area contributed by atoms with Crippen molar-refractivity contribution in [1.82, 2.24) is 5.43 Å². The van der Waals surface area contributed by atoms with Crippen LogP contribution in [-0.2, 0) is 6.42 Å². The van der Waals surface area contributed by atoms with Crippen LogP contribution in [0.25, 0.3) is 9.40 Å². The fourth-order valence-corrected chi connectivity index (χ4v) is 5.09. The maximum absolute atomic E-state index is 5.93. The normalized spacial score (nSPS) is 15.7. The molecule has 1 atom stereocenters. The highest BCUT2D eigenvalue weighted by molar-refractivity contribution is 7.27. The van der Waals surface area contributed by atoms with Crippen molar-refractivity contribution in [3.63, 3.8) is 0 Å². The first-order valence-corrected chi connectivity index (χ1v) is 8.74. The highest BCUT2D eigenvalue weighted by Crippen LogP contribution is 2.40. The first-order valence-electron chi connectivity index (χ1n) is 7.04. The lowest BCUT2D eigenvalue weighted by Gasteiger charge is -2.24. The van der Waals surface area contributed by atoms with E-state index in [4.69, 9.17) is 10.6 Å². The first-order chi connectivity index (χ1) is 10.4. The zero-order valence-electron chi connectivity index (χ0n) is 11.5. The second kappa shape index (κ2) is 5.42. The van der Waals surface area contributed by atoms with Gasteiger partial charge in [-0.25, -0.2) is 5.43 Å². The number of rotatable bonds is 3. The quantitative estimate of drug-likeness (QED) is 0.570. The van der Waals surface area contributed by atoms with Gasteiger partial charge in [-0.1, -0.05) is 18.2 Å². The Morgan fingerprint density at radius 3 is 3.05 bits per heavy atom. The van der Waals surface area contributed by atoms with Gasteiger partial charge in [0, 0.05) is 19.8 Å². The Kier molecular flexibility index (Phi) is 3.43. The standard InChI is InChI=1S/C16H16N2OS2/c17-18-15(14-9-13-12(21-14)6-8-20-13)11-5-1-3-10-4-2-7-19-16(10)11/h1,3,5-6,8-9,15,18H,2,4,7,17H2.